The van der Waals surface area contributed by atoms with Crippen LogP contribution in [0.15, 0.2) is 0 Å². The van der Waals surface area contributed by atoms with E-state index < -0.39 is 19.9 Å². The molecular formula is C50H96N2O8P+. The summed E-state index contributed by atoms with van der Waals surface area (Å²) in [5.41, 5.74) is 0. The lowest BCUT2D eigenvalue weighted by molar-refractivity contribution is -0.914. The second-order valence-corrected chi connectivity index (χ2v) is 20.0. The van der Waals surface area contributed by atoms with Crippen molar-refractivity contribution in [3.05, 3.63) is 0 Å². The summed E-state index contributed by atoms with van der Waals surface area (Å²) in [7, 11) is -1.91. The van der Waals surface area contributed by atoms with Crippen LogP contribution in [0, 0.1) is 11.3 Å². The first-order valence-corrected chi connectivity index (χ1v) is 27.3. The SMILES string of the molecule is CCCCCCCCCCCCCCCCCC(=O)OCC(COP(=O)(OCCC#N)OCC[N+]1(C)CCCCC1)OC(=O)CCCCCCCCCCCCCCCCC. The van der Waals surface area contributed by atoms with Gasteiger partial charge in [-0.2, -0.15) is 5.26 Å². The summed E-state index contributed by atoms with van der Waals surface area (Å²) >= 11 is 0. The van der Waals surface area contributed by atoms with Crippen molar-refractivity contribution in [1.29, 1.82) is 5.26 Å². The summed E-state index contributed by atoms with van der Waals surface area (Å²) in [4.78, 5) is 25.7. The Labute approximate surface area is 375 Å². The fourth-order valence-corrected chi connectivity index (χ4v) is 9.45. The minimum absolute atomic E-state index is 0.0269. The number of carbonyl (C=O) groups is 2. The molecule has 10 nitrogen and oxygen atoms in total. The van der Waals surface area contributed by atoms with Crippen LogP contribution in [0.3, 0.4) is 0 Å². The quantitative estimate of drug-likeness (QED) is 0.0255. The van der Waals surface area contributed by atoms with Crippen LogP contribution in [0.1, 0.15) is 245 Å². The first-order valence-electron chi connectivity index (χ1n) is 25.8. The standard InChI is InChI=1S/C50H96N2O8P/c1-4-6-8-10-12-14-16-18-20-22-24-26-28-30-33-38-49(53)56-46-48(47-59-61(55,57-44-37-40-51)58-45-43-52(3)41-35-32-36-42-52)60-50(54)39-34-31-29-27-25-23-21-19-17-15-13-11-9-7-5-2/h48H,4-39,41-47H2,1-3H3/q+1. The lowest BCUT2D eigenvalue weighted by Crippen LogP contribution is -2.49. The molecule has 11 heteroatoms. The molecule has 1 aliphatic heterocycles. The van der Waals surface area contributed by atoms with E-state index in [1.165, 1.54) is 161 Å². The Bertz CT molecular complexity index is 1110. The molecule has 1 aliphatic rings. The lowest BCUT2D eigenvalue weighted by atomic mass is 10.0. The molecule has 1 fully saturated rings. The van der Waals surface area contributed by atoms with Gasteiger partial charge in [-0.1, -0.05) is 194 Å². The summed E-state index contributed by atoms with van der Waals surface area (Å²) in [6.45, 7) is 6.79. The van der Waals surface area contributed by atoms with E-state index in [1.807, 2.05) is 6.07 Å². The Morgan fingerprint density at radius 2 is 0.934 bits per heavy atom. The number of ether oxygens (including phenoxy) is 2. The maximum atomic E-state index is 13.7. The predicted molar refractivity (Wildman–Crippen MR) is 250 cm³/mol. The molecule has 0 bridgehead atoms. The molecule has 2 unspecified atom stereocenters. The molecular weight excluding hydrogens is 788 g/mol. The minimum Gasteiger partial charge on any atom is -0.462 e. The van der Waals surface area contributed by atoms with Gasteiger partial charge in [-0.25, -0.2) is 4.57 Å². The van der Waals surface area contributed by atoms with E-state index in [1.54, 1.807) is 0 Å². The average molecular weight is 884 g/mol. The van der Waals surface area contributed by atoms with E-state index in [0.29, 0.717) is 13.0 Å². The minimum atomic E-state index is -4.08. The van der Waals surface area contributed by atoms with Gasteiger partial charge in [0, 0.05) is 12.8 Å². The number of phosphoric ester groups is 1. The van der Waals surface area contributed by atoms with Gasteiger partial charge in [-0.15, -0.1) is 0 Å². The van der Waals surface area contributed by atoms with E-state index in [0.717, 1.165) is 68.9 Å². The normalized spacial score (nSPS) is 15.2. The fraction of sp³-hybridized carbons (Fsp3) is 0.940. The molecule has 0 aromatic heterocycles. The van der Waals surface area contributed by atoms with E-state index in [-0.39, 0.29) is 45.2 Å². The number of esters is 2. The lowest BCUT2D eigenvalue weighted by Gasteiger charge is -2.37. The summed E-state index contributed by atoms with van der Waals surface area (Å²) < 4.78 is 42.9. The zero-order chi connectivity index (χ0) is 44.4. The third-order valence-electron chi connectivity index (χ3n) is 12.4. The smallest absolute Gasteiger partial charge is 0.462 e. The number of carbonyl (C=O) groups excluding carboxylic acids is 2. The molecule has 61 heavy (non-hydrogen) atoms. The van der Waals surface area contributed by atoms with Gasteiger partial charge in [0.05, 0.1) is 45.8 Å². The van der Waals surface area contributed by atoms with Gasteiger partial charge in [0.2, 0.25) is 0 Å². The van der Waals surface area contributed by atoms with Gasteiger partial charge in [0.25, 0.3) is 0 Å². The van der Waals surface area contributed by atoms with Gasteiger partial charge >= 0.3 is 19.8 Å². The summed E-state index contributed by atoms with van der Waals surface area (Å²) in [6.07, 6.45) is 40.6. The predicted octanol–water partition coefficient (Wildman–Crippen LogP) is 14.7. The number of quaternary nitrogens is 1. The van der Waals surface area contributed by atoms with Crippen molar-refractivity contribution >= 4 is 19.8 Å². The van der Waals surface area contributed by atoms with Crippen LogP contribution in [0.4, 0.5) is 0 Å². The number of hydrogen-bond donors (Lipinski definition) is 0. The number of piperidine rings is 1. The number of rotatable bonds is 45. The van der Waals surface area contributed by atoms with Crippen molar-refractivity contribution in [2.45, 2.75) is 251 Å². The van der Waals surface area contributed by atoms with Crippen LogP contribution >= 0.6 is 7.82 Å². The van der Waals surface area contributed by atoms with Crippen molar-refractivity contribution in [3.63, 3.8) is 0 Å². The van der Waals surface area contributed by atoms with E-state index in [9.17, 15) is 14.2 Å². The maximum Gasteiger partial charge on any atom is 0.475 e. The highest BCUT2D eigenvalue weighted by molar-refractivity contribution is 7.48. The molecule has 0 N–H and O–H groups in total. The Balaban J connectivity index is 2.48. The molecule has 358 valence electrons. The molecule has 0 saturated carbocycles. The van der Waals surface area contributed by atoms with Gasteiger partial charge in [-0.05, 0) is 32.1 Å². The molecule has 0 aromatic carbocycles. The van der Waals surface area contributed by atoms with Crippen LogP contribution in [0.2, 0.25) is 0 Å². The van der Waals surface area contributed by atoms with Crippen LogP contribution in [0.25, 0.3) is 0 Å². The molecule has 1 heterocycles. The maximum absolute atomic E-state index is 13.7. The van der Waals surface area contributed by atoms with E-state index in [2.05, 4.69) is 20.9 Å². The number of hydrogen-bond acceptors (Lipinski definition) is 9. The Kier molecular flexibility index (Phi) is 38.9. The molecule has 0 aliphatic carbocycles. The van der Waals surface area contributed by atoms with Gasteiger partial charge in [-0.3, -0.25) is 23.2 Å². The highest BCUT2D eigenvalue weighted by Crippen LogP contribution is 2.49. The third-order valence-corrected chi connectivity index (χ3v) is 13.8. The van der Waals surface area contributed by atoms with Crippen molar-refractivity contribution in [1.82, 2.24) is 0 Å². The second-order valence-electron chi connectivity index (χ2n) is 18.4. The zero-order valence-corrected chi connectivity index (χ0v) is 41.0. The first-order chi connectivity index (χ1) is 29.8. The number of nitriles is 1. The van der Waals surface area contributed by atoms with Crippen LogP contribution < -0.4 is 0 Å². The van der Waals surface area contributed by atoms with Crippen LogP contribution in [-0.4, -0.2) is 75.6 Å². The number of likely N-dealkylation sites (N-methyl/N-ethyl adjacent to an activating group) is 1. The van der Waals surface area contributed by atoms with Crippen molar-refractivity contribution in [3.8, 4) is 6.07 Å². The topological polar surface area (TPSA) is 121 Å². The number of unbranched alkanes of at least 4 members (excludes halogenated alkanes) is 28. The molecule has 0 aromatic rings. The largest absolute Gasteiger partial charge is 0.475 e. The second kappa shape index (κ2) is 41.2. The molecule has 2 atom stereocenters. The molecule has 0 amide bonds. The van der Waals surface area contributed by atoms with Crippen LogP contribution in [-0.2, 0) is 37.2 Å². The third kappa shape index (κ3) is 36.5. The van der Waals surface area contributed by atoms with Gasteiger partial charge in [0.15, 0.2) is 6.10 Å². The van der Waals surface area contributed by atoms with Crippen molar-refractivity contribution in [2.75, 3.05) is 53.1 Å². The highest BCUT2D eigenvalue weighted by Gasteiger charge is 2.32. The number of phosphoric acid groups is 1. The van der Waals surface area contributed by atoms with Crippen LogP contribution in [0.5, 0.6) is 0 Å². The molecule has 1 rings (SSSR count). The summed E-state index contributed by atoms with van der Waals surface area (Å²) in [5.74, 6) is -0.744. The summed E-state index contributed by atoms with van der Waals surface area (Å²) in [6, 6.07) is 1.99. The van der Waals surface area contributed by atoms with E-state index in [4.69, 9.17) is 28.3 Å². The monoisotopic (exact) mass is 884 g/mol. The van der Waals surface area contributed by atoms with Gasteiger partial charge in [0.1, 0.15) is 19.8 Å². The molecule has 0 spiro atoms. The Morgan fingerprint density at radius 3 is 1.36 bits per heavy atom. The van der Waals surface area contributed by atoms with Gasteiger partial charge < -0.3 is 14.0 Å². The fourth-order valence-electron chi connectivity index (χ4n) is 8.26. The first kappa shape index (κ1) is 57.5. The number of likely N-dealkylation sites (tertiary alicyclic amines) is 1. The molecule has 1 saturated heterocycles. The Hall–Kier alpha value is -1.50. The molecule has 0 radical (unpaired) electrons. The van der Waals surface area contributed by atoms with E-state index >= 15 is 0 Å². The number of nitrogens with zero attached hydrogens (tertiary/aromatic N) is 2. The van der Waals surface area contributed by atoms with Crippen molar-refractivity contribution in [2.24, 2.45) is 0 Å². The summed E-state index contributed by atoms with van der Waals surface area (Å²) in [5, 5.41) is 9.06. The average Bonchev–Trinajstić information content (AvgIpc) is 3.25. The zero-order valence-electron chi connectivity index (χ0n) is 40.1. The Morgan fingerprint density at radius 1 is 0.541 bits per heavy atom. The van der Waals surface area contributed by atoms with Crippen molar-refractivity contribution < 1.29 is 41.7 Å². The highest BCUT2D eigenvalue weighted by atomic mass is 31.2.